The van der Waals surface area contributed by atoms with Crippen molar-refractivity contribution in [1.82, 2.24) is 4.90 Å². The van der Waals surface area contributed by atoms with E-state index < -0.39 is 26.0 Å². The van der Waals surface area contributed by atoms with E-state index in [1.807, 2.05) is 47.5 Å². The second-order valence-electron chi connectivity index (χ2n) is 11.7. The Morgan fingerprint density at radius 1 is 1.00 bits per heavy atom. The average Bonchev–Trinajstić information content (AvgIpc) is 3.79. The van der Waals surface area contributed by atoms with Crippen molar-refractivity contribution in [2.75, 3.05) is 56.8 Å². The standard InChI is InChI=1S/C29H32N2O8S5.C6H15N/c1-4-19(15-26-30(10-5-13-43(32,33)34)22-17-20(38-2)7-8-24(22)41-26)16-27-31(11-6-14-44(35,36)37)28-25(42-27)18-23(39-3)21-9-12-40-29(21)28;1-4-7(5-2)6-3/h7-9,12,15-18H,4-6,10-11,13-14H2,1-3H3,(H-,32,33,34,35,36,37);4-6H2,1-3H3. The van der Waals surface area contributed by atoms with E-state index in [1.54, 1.807) is 48.7 Å². The van der Waals surface area contributed by atoms with E-state index in [9.17, 15) is 25.9 Å². The number of rotatable bonds is 16. The number of thiophene rings is 1. The molecule has 1 aliphatic heterocycles. The summed E-state index contributed by atoms with van der Waals surface area (Å²) < 4.78 is 81.6. The molecule has 2 aromatic heterocycles. The molecule has 0 amide bonds. The van der Waals surface area contributed by atoms with Gasteiger partial charge in [0.15, 0.2) is 6.54 Å². The lowest BCUT2D eigenvalue weighted by atomic mass is 10.2. The maximum Gasteiger partial charge on any atom is 0.264 e. The minimum absolute atomic E-state index is 0.180. The summed E-state index contributed by atoms with van der Waals surface area (Å²) in [5, 5.41) is 4.77. The van der Waals surface area contributed by atoms with Gasteiger partial charge in [-0.2, -0.15) is 13.0 Å². The fraction of sp³-hybridized carbons (Fsp3) is 0.457. The molecular formula is C35H47N3O8S5. The van der Waals surface area contributed by atoms with Gasteiger partial charge in [-0.3, -0.25) is 4.55 Å². The number of thiazole rings is 1. The quantitative estimate of drug-likeness (QED) is 0.0907. The first-order chi connectivity index (χ1) is 24.2. The molecule has 4 aromatic rings. The predicted molar refractivity (Wildman–Crippen MR) is 210 cm³/mol. The molecular weight excluding hydrogens is 751 g/mol. The van der Waals surface area contributed by atoms with Gasteiger partial charge in [0.2, 0.25) is 5.52 Å². The van der Waals surface area contributed by atoms with Crippen LogP contribution in [0.5, 0.6) is 11.5 Å². The lowest BCUT2D eigenvalue weighted by Gasteiger charge is -2.21. The number of fused-ring (bicyclic) bond motifs is 4. The van der Waals surface area contributed by atoms with E-state index in [2.05, 4.69) is 42.4 Å². The predicted octanol–water partition coefficient (Wildman–Crippen LogP) is 7.23. The number of thioether (sulfide) groups is 1. The molecule has 0 saturated heterocycles. The Morgan fingerprint density at radius 3 is 2.31 bits per heavy atom. The zero-order chi connectivity index (χ0) is 37.3. The summed E-state index contributed by atoms with van der Waals surface area (Å²) in [6.45, 7) is 12.9. The van der Waals surface area contributed by atoms with Crippen molar-refractivity contribution in [3.05, 3.63) is 57.4 Å². The van der Waals surface area contributed by atoms with Gasteiger partial charge in [0, 0.05) is 47.2 Å². The summed E-state index contributed by atoms with van der Waals surface area (Å²) in [5.74, 6) is 0.636. The summed E-state index contributed by atoms with van der Waals surface area (Å²) in [4.78, 5) is 5.41. The fourth-order valence-electron chi connectivity index (χ4n) is 5.76. The first-order valence-corrected chi connectivity index (χ1v) is 22.5. The Bertz CT molecular complexity index is 2080. The minimum atomic E-state index is -4.36. The van der Waals surface area contributed by atoms with Crippen molar-refractivity contribution in [3.63, 3.8) is 0 Å². The number of aromatic nitrogens is 1. The Hall–Kier alpha value is -2.70. The highest BCUT2D eigenvalue weighted by atomic mass is 32.2. The number of allylic oxidation sites excluding steroid dienone is 2. The van der Waals surface area contributed by atoms with E-state index in [0.29, 0.717) is 25.3 Å². The van der Waals surface area contributed by atoms with E-state index in [-0.39, 0.29) is 18.6 Å². The largest absolute Gasteiger partial charge is 0.748 e. The molecule has 0 aliphatic carbocycles. The van der Waals surface area contributed by atoms with Gasteiger partial charge in [0.25, 0.3) is 15.1 Å². The van der Waals surface area contributed by atoms with Crippen LogP contribution < -0.4 is 18.9 Å². The van der Waals surface area contributed by atoms with E-state index >= 15 is 0 Å². The SMILES string of the molecule is CCC(/C=C1\Sc2ccc(OC)cc2N1CCCS(=O)(=O)O)=C\c1sc2cc(OC)c3ccsc3c2[n+]1CCCS(=O)(=O)[O-].CCN(CC)CC. The zero-order valence-corrected chi connectivity index (χ0v) is 34.0. The molecule has 0 spiro atoms. The number of hydrogen-bond acceptors (Lipinski definition) is 12. The van der Waals surface area contributed by atoms with Crippen LogP contribution >= 0.6 is 34.4 Å². The highest BCUT2D eigenvalue weighted by Gasteiger charge is 2.28. The van der Waals surface area contributed by atoms with Crippen LogP contribution in [0.4, 0.5) is 5.69 Å². The second kappa shape index (κ2) is 18.4. The molecule has 51 heavy (non-hydrogen) atoms. The van der Waals surface area contributed by atoms with Crippen molar-refractivity contribution in [3.8, 4) is 11.5 Å². The van der Waals surface area contributed by atoms with Crippen molar-refractivity contribution in [2.24, 2.45) is 0 Å². The third kappa shape index (κ3) is 10.9. The zero-order valence-electron chi connectivity index (χ0n) is 29.9. The van der Waals surface area contributed by atoms with Crippen LogP contribution in [0.3, 0.4) is 0 Å². The van der Waals surface area contributed by atoms with Gasteiger partial charge in [0.1, 0.15) is 20.9 Å². The van der Waals surface area contributed by atoms with Gasteiger partial charge in [-0.1, -0.05) is 50.8 Å². The third-order valence-electron chi connectivity index (χ3n) is 8.48. The molecule has 1 N–H and O–H groups in total. The number of methoxy groups -OCH3 is 2. The molecule has 280 valence electrons. The maximum atomic E-state index is 11.4. The molecule has 2 aromatic carbocycles. The molecule has 0 bridgehead atoms. The van der Waals surface area contributed by atoms with Gasteiger partial charge in [0.05, 0.1) is 40.8 Å². The molecule has 3 heterocycles. The molecule has 0 saturated carbocycles. The summed E-state index contributed by atoms with van der Waals surface area (Å²) in [7, 11) is -5.23. The smallest absolute Gasteiger partial charge is 0.264 e. The molecule has 16 heteroatoms. The topological polar surface area (TPSA) is 140 Å². The van der Waals surface area contributed by atoms with Gasteiger partial charge in [-0.05, 0) is 67.7 Å². The highest BCUT2D eigenvalue weighted by molar-refractivity contribution is 8.03. The Morgan fingerprint density at radius 2 is 1.73 bits per heavy atom. The molecule has 11 nitrogen and oxygen atoms in total. The number of hydrogen-bond donors (Lipinski definition) is 1. The molecule has 5 rings (SSSR count). The van der Waals surface area contributed by atoms with Gasteiger partial charge in [-0.25, -0.2) is 8.42 Å². The van der Waals surface area contributed by atoms with Crippen molar-refractivity contribution in [1.29, 1.82) is 0 Å². The Labute approximate surface area is 314 Å². The molecule has 1 aliphatic rings. The van der Waals surface area contributed by atoms with Crippen LogP contribution in [0.25, 0.3) is 26.4 Å². The van der Waals surface area contributed by atoms with Crippen LogP contribution in [0.15, 0.2) is 57.3 Å². The monoisotopic (exact) mass is 797 g/mol. The number of anilines is 1. The molecule has 0 radical (unpaired) electrons. The summed E-state index contributed by atoms with van der Waals surface area (Å²) in [5.41, 5.74) is 2.87. The molecule has 0 unspecified atom stereocenters. The maximum absolute atomic E-state index is 11.4. The minimum Gasteiger partial charge on any atom is -0.748 e. The fourth-order valence-corrected chi connectivity index (χ4v) is 10.1. The number of ether oxygens (including phenoxy) is 2. The van der Waals surface area contributed by atoms with Crippen molar-refractivity contribution < 1.29 is 40.0 Å². The van der Waals surface area contributed by atoms with Crippen LogP contribution in [-0.4, -0.2) is 82.7 Å². The second-order valence-corrected chi connectivity index (χ2v) is 17.8. The van der Waals surface area contributed by atoms with Gasteiger partial charge < -0.3 is 23.8 Å². The van der Waals surface area contributed by atoms with Gasteiger partial charge >= 0.3 is 0 Å². The van der Waals surface area contributed by atoms with E-state index in [0.717, 1.165) is 52.2 Å². The van der Waals surface area contributed by atoms with Crippen LogP contribution in [-0.2, 0) is 26.8 Å². The van der Waals surface area contributed by atoms with E-state index in [1.165, 1.54) is 19.6 Å². The highest BCUT2D eigenvalue weighted by Crippen LogP contribution is 2.48. The lowest BCUT2D eigenvalue weighted by molar-refractivity contribution is -0.667. The van der Waals surface area contributed by atoms with Crippen LogP contribution in [0.2, 0.25) is 0 Å². The van der Waals surface area contributed by atoms with Crippen molar-refractivity contribution in [2.45, 2.75) is 58.4 Å². The number of nitrogens with zero attached hydrogens (tertiary/aromatic N) is 3. The van der Waals surface area contributed by atoms with E-state index in [4.69, 9.17) is 9.47 Å². The summed E-state index contributed by atoms with van der Waals surface area (Å²) in [6.07, 6.45) is 5.25. The lowest BCUT2D eigenvalue weighted by Crippen LogP contribution is -2.36. The average molecular weight is 798 g/mol. The molecule has 0 atom stereocenters. The van der Waals surface area contributed by atoms with Gasteiger partial charge in [-0.15, -0.1) is 11.3 Å². The van der Waals surface area contributed by atoms with Crippen LogP contribution in [0, 0.1) is 0 Å². The van der Waals surface area contributed by atoms with Crippen molar-refractivity contribution >= 4 is 86.7 Å². The normalized spacial score (nSPS) is 14.4. The summed E-state index contributed by atoms with van der Waals surface area (Å²) >= 11 is 4.72. The summed E-state index contributed by atoms with van der Waals surface area (Å²) in [6, 6.07) is 9.75. The van der Waals surface area contributed by atoms with Crippen LogP contribution in [0.1, 0.15) is 52.0 Å². The Kier molecular flexibility index (Phi) is 14.8. The number of benzene rings is 2. The first-order valence-electron chi connectivity index (χ1n) is 16.8. The third-order valence-corrected chi connectivity index (χ3v) is 13.2. The Balaban J connectivity index is 0.000000755. The number of aryl methyl sites for hydroxylation is 1. The molecule has 0 fully saturated rings. The first kappa shape index (κ1) is 41.1.